The Kier molecular flexibility index (Phi) is 5.14. The molecule has 0 aliphatic heterocycles. The molecule has 1 amide bonds. The fraction of sp³-hybridized carbons (Fsp3) is 0.450. The third-order valence-electron chi connectivity index (χ3n) is 4.53. The second kappa shape index (κ2) is 7.19. The highest BCUT2D eigenvalue weighted by atomic mass is 32.1. The number of carboxylic acids is 1. The molecule has 1 aliphatic carbocycles. The first-order valence-corrected chi connectivity index (χ1v) is 9.71. The fourth-order valence-electron chi connectivity index (χ4n) is 3.05. The monoisotopic (exact) mass is 372 g/mol. The molecule has 0 atom stereocenters. The number of aryl methyl sites for hydroxylation is 2. The molecule has 1 heterocycles. The lowest BCUT2D eigenvalue weighted by molar-refractivity contribution is -0.136. The van der Waals surface area contributed by atoms with Crippen LogP contribution < -0.4 is 5.32 Å². The largest absolute Gasteiger partial charge is 0.481 e. The molecule has 3 rings (SSSR count). The summed E-state index contributed by atoms with van der Waals surface area (Å²) in [7, 11) is 0. The zero-order valence-corrected chi connectivity index (χ0v) is 16.2. The quantitative estimate of drug-likeness (QED) is 0.838. The molecule has 5 nitrogen and oxygen atoms in total. The van der Waals surface area contributed by atoms with E-state index in [0.717, 1.165) is 18.4 Å². The number of nitrogens with one attached hydrogen (secondary N) is 1. The molecule has 0 saturated carbocycles. The van der Waals surface area contributed by atoms with E-state index in [9.17, 15) is 14.7 Å². The van der Waals surface area contributed by atoms with Gasteiger partial charge in [0.15, 0.2) is 5.13 Å². The van der Waals surface area contributed by atoms with Gasteiger partial charge >= 0.3 is 5.97 Å². The van der Waals surface area contributed by atoms with E-state index in [2.05, 4.69) is 22.4 Å². The van der Waals surface area contributed by atoms with E-state index in [4.69, 9.17) is 0 Å². The number of hydrogen-bond acceptors (Lipinski definition) is 4. The molecule has 1 aromatic heterocycles. The van der Waals surface area contributed by atoms with E-state index < -0.39 is 11.4 Å². The van der Waals surface area contributed by atoms with Gasteiger partial charge in [-0.1, -0.05) is 32.9 Å². The molecule has 0 radical (unpaired) electrons. The third kappa shape index (κ3) is 4.12. The lowest BCUT2D eigenvalue weighted by Gasteiger charge is -2.16. The zero-order valence-electron chi connectivity index (χ0n) is 15.4. The van der Waals surface area contributed by atoms with Crippen LogP contribution in [0.1, 0.15) is 49.6 Å². The molecule has 0 saturated heterocycles. The average molecular weight is 372 g/mol. The van der Waals surface area contributed by atoms with Crippen LogP contribution in [0.3, 0.4) is 0 Å². The van der Waals surface area contributed by atoms with E-state index in [1.54, 1.807) is 0 Å². The summed E-state index contributed by atoms with van der Waals surface area (Å²) in [5.74, 6) is -1.04. The van der Waals surface area contributed by atoms with E-state index >= 15 is 0 Å². The maximum Gasteiger partial charge on any atom is 0.308 e. The molecule has 0 fully saturated rings. The van der Waals surface area contributed by atoms with Gasteiger partial charge in [-0.3, -0.25) is 9.59 Å². The molecule has 1 aliphatic rings. The van der Waals surface area contributed by atoms with Crippen LogP contribution in [0.25, 0.3) is 11.3 Å². The van der Waals surface area contributed by atoms with Gasteiger partial charge in [0.05, 0.1) is 12.1 Å². The Balaban J connectivity index is 1.97. The van der Waals surface area contributed by atoms with Gasteiger partial charge in [-0.05, 0) is 42.9 Å². The van der Waals surface area contributed by atoms with Crippen LogP contribution in [-0.2, 0) is 28.9 Å². The first kappa shape index (κ1) is 18.6. The highest BCUT2D eigenvalue weighted by Crippen LogP contribution is 2.34. The molecule has 26 heavy (non-hydrogen) atoms. The molecular weight excluding hydrogens is 348 g/mol. The molecule has 1 aromatic carbocycles. The zero-order chi connectivity index (χ0) is 18.9. The Bertz CT molecular complexity index is 849. The number of carbonyl (C=O) groups excluding carboxylic acids is 1. The molecule has 2 aromatic rings. The van der Waals surface area contributed by atoms with Crippen LogP contribution in [0.2, 0.25) is 0 Å². The number of amides is 1. The van der Waals surface area contributed by atoms with Crippen molar-refractivity contribution in [3.8, 4) is 11.3 Å². The van der Waals surface area contributed by atoms with Crippen molar-refractivity contribution in [2.24, 2.45) is 5.41 Å². The van der Waals surface area contributed by atoms with E-state index in [0.29, 0.717) is 15.7 Å². The van der Waals surface area contributed by atoms with Crippen molar-refractivity contribution in [2.45, 2.75) is 52.9 Å². The van der Waals surface area contributed by atoms with Crippen LogP contribution in [0.4, 0.5) is 5.13 Å². The maximum atomic E-state index is 12.2. The number of anilines is 1. The second-order valence-electron chi connectivity index (χ2n) is 7.76. The van der Waals surface area contributed by atoms with Crippen LogP contribution >= 0.6 is 11.3 Å². The number of rotatable bonds is 4. The minimum Gasteiger partial charge on any atom is -0.481 e. The van der Waals surface area contributed by atoms with Gasteiger partial charge < -0.3 is 10.4 Å². The molecule has 2 N–H and O–H groups in total. The van der Waals surface area contributed by atoms with E-state index in [-0.39, 0.29) is 12.3 Å². The predicted octanol–water partition coefficient (Wildman–Crippen LogP) is 4.30. The molecule has 0 spiro atoms. The second-order valence-corrected chi connectivity index (χ2v) is 8.84. The highest BCUT2D eigenvalue weighted by molar-refractivity contribution is 7.16. The Morgan fingerprint density at radius 1 is 1.19 bits per heavy atom. The summed E-state index contributed by atoms with van der Waals surface area (Å²) >= 11 is 1.24. The third-order valence-corrected chi connectivity index (χ3v) is 5.50. The van der Waals surface area contributed by atoms with Gasteiger partial charge in [-0.15, -0.1) is 11.3 Å². The lowest BCUT2D eigenvalue weighted by atomic mass is 9.90. The Morgan fingerprint density at radius 2 is 1.88 bits per heavy atom. The van der Waals surface area contributed by atoms with Crippen LogP contribution in [0.15, 0.2) is 18.2 Å². The topological polar surface area (TPSA) is 79.3 Å². The van der Waals surface area contributed by atoms with Crippen LogP contribution in [0, 0.1) is 5.41 Å². The number of aromatic nitrogens is 1. The molecular formula is C20H24N2O3S. The highest BCUT2D eigenvalue weighted by Gasteiger charge is 2.24. The normalized spacial score (nSPS) is 14.0. The fourth-order valence-corrected chi connectivity index (χ4v) is 4.02. The first-order valence-electron chi connectivity index (χ1n) is 8.89. The number of benzene rings is 1. The summed E-state index contributed by atoms with van der Waals surface area (Å²) < 4.78 is 0. The smallest absolute Gasteiger partial charge is 0.308 e. The SMILES string of the molecule is CC(C)(C)C(=O)Nc1nc(-c2ccc3c(c2)CCCC3)c(CC(=O)O)s1. The van der Waals surface area contributed by atoms with E-state index in [1.165, 1.54) is 35.3 Å². The van der Waals surface area contributed by atoms with Gasteiger partial charge in [-0.25, -0.2) is 4.98 Å². The number of thiazole rings is 1. The average Bonchev–Trinajstić information content (AvgIpc) is 2.95. The molecule has 138 valence electrons. The van der Waals surface area contributed by atoms with Gasteiger partial charge in [0.2, 0.25) is 5.91 Å². The first-order chi connectivity index (χ1) is 12.2. The summed E-state index contributed by atoms with van der Waals surface area (Å²) in [4.78, 5) is 28.7. The summed E-state index contributed by atoms with van der Waals surface area (Å²) in [6.07, 6.45) is 4.45. The van der Waals surface area contributed by atoms with Crippen LogP contribution in [-0.4, -0.2) is 22.0 Å². The number of carboxylic acid groups (broad SMARTS) is 1. The van der Waals surface area contributed by atoms with Crippen LogP contribution in [0.5, 0.6) is 0 Å². The summed E-state index contributed by atoms with van der Waals surface area (Å²) in [6, 6.07) is 6.27. The van der Waals surface area contributed by atoms with Crippen molar-refractivity contribution in [3.63, 3.8) is 0 Å². The summed E-state index contributed by atoms with van der Waals surface area (Å²) in [5.41, 5.74) is 3.74. The molecule has 0 bridgehead atoms. The lowest BCUT2D eigenvalue weighted by Crippen LogP contribution is -2.27. The molecule has 0 unspecified atom stereocenters. The number of aliphatic carboxylic acids is 1. The van der Waals surface area contributed by atoms with Crippen molar-refractivity contribution in [3.05, 3.63) is 34.2 Å². The van der Waals surface area contributed by atoms with Gasteiger partial charge in [0, 0.05) is 15.9 Å². The van der Waals surface area contributed by atoms with Gasteiger partial charge in [0.1, 0.15) is 0 Å². The van der Waals surface area contributed by atoms with Gasteiger partial charge in [-0.2, -0.15) is 0 Å². The number of fused-ring (bicyclic) bond motifs is 1. The number of carbonyl (C=O) groups is 2. The Labute approximate surface area is 157 Å². The standard InChI is InChI=1S/C20H24N2O3S/c1-20(2,3)18(25)22-19-21-17(15(26-19)11-16(23)24)14-9-8-12-6-4-5-7-13(12)10-14/h8-10H,4-7,11H2,1-3H3,(H,23,24)(H,21,22,25). The minimum absolute atomic E-state index is 0.102. The molecule has 6 heteroatoms. The van der Waals surface area contributed by atoms with Crippen molar-refractivity contribution in [1.29, 1.82) is 0 Å². The minimum atomic E-state index is -0.901. The number of hydrogen-bond donors (Lipinski definition) is 2. The van der Waals surface area contributed by atoms with Crippen molar-refractivity contribution in [1.82, 2.24) is 4.98 Å². The summed E-state index contributed by atoms with van der Waals surface area (Å²) in [5, 5.41) is 12.5. The van der Waals surface area contributed by atoms with Gasteiger partial charge in [0.25, 0.3) is 0 Å². The maximum absolute atomic E-state index is 12.2. The van der Waals surface area contributed by atoms with Crippen molar-refractivity contribution < 1.29 is 14.7 Å². The Hall–Kier alpha value is -2.21. The van der Waals surface area contributed by atoms with Crippen molar-refractivity contribution in [2.75, 3.05) is 5.32 Å². The number of nitrogens with zero attached hydrogens (tertiary/aromatic N) is 1. The predicted molar refractivity (Wildman–Crippen MR) is 104 cm³/mol. The Morgan fingerprint density at radius 3 is 2.54 bits per heavy atom. The summed E-state index contributed by atoms with van der Waals surface area (Å²) in [6.45, 7) is 5.50. The van der Waals surface area contributed by atoms with Crippen molar-refractivity contribution >= 4 is 28.3 Å². The van der Waals surface area contributed by atoms with E-state index in [1.807, 2.05) is 26.8 Å².